The molecule has 1 unspecified atom stereocenters. The first-order valence-electron chi connectivity index (χ1n) is 11.4. The second-order valence-electron chi connectivity index (χ2n) is 8.94. The summed E-state index contributed by atoms with van der Waals surface area (Å²) >= 11 is 0. The number of sulfonamides is 1. The Labute approximate surface area is 199 Å². The van der Waals surface area contributed by atoms with Gasteiger partial charge in [-0.1, -0.05) is 60.7 Å². The van der Waals surface area contributed by atoms with E-state index in [9.17, 15) is 8.42 Å². The van der Waals surface area contributed by atoms with Crippen LogP contribution in [0.2, 0.25) is 0 Å². The summed E-state index contributed by atoms with van der Waals surface area (Å²) in [7, 11) is -1.56. The van der Waals surface area contributed by atoms with Crippen molar-refractivity contribution in [1.82, 2.24) is 9.88 Å². The van der Waals surface area contributed by atoms with E-state index in [2.05, 4.69) is 45.9 Å². The summed E-state index contributed by atoms with van der Waals surface area (Å²) in [6.45, 7) is 0.937. The first-order valence-corrected chi connectivity index (χ1v) is 12.9. The van der Waals surface area contributed by atoms with E-state index in [0.29, 0.717) is 5.69 Å². The average molecular weight is 468 g/mol. The number of rotatable bonds is 4. The van der Waals surface area contributed by atoms with Gasteiger partial charge in [-0.2, -0.15) is 0 Å². The number of nitrogens with zero attached hydrogens (tertiary/aromatic N) is 1. The van der Waals surface area contributed by atoms with Gasteiger partial charge in [0.1, 0.15) is 0 Å². The lowest BCUT2D eigenvalue weighted by Gasteiger charge is -2.33. The maximum absolute atomic E-state index is 13.2. The molecule has 0 spiro atoms. The largest absolute Gasteiger partial charge is 0.357 e. The quantitative estimate of drug-likeness (QED) is 0.356. The number of hydrogen-bond donors (Lipinski definition) is 2. The van der Waals surface area contributed by atoms with Crippen molar-refractivity contribution in [3.8, 4) is 0 Å². The van der Waals surface area contributed by atoms with Crippen LogP contribution in [0.25, 0.3) is 21.7 Å². The number of hydrogen-bond acceptors (Lipinski definition) is 3. The smallest absolute Gasteiger partial charge is 0.261 e. The molecule has 0 radical (unpaired) electrons. The van der Waals surface area contributed by atoms with Crippen LogP contribution in [0, 0.1) is 0 Å². The van der Waals surface area contributed by atoms with Gasteiger partial charge < -0.3 is 4.98 Å². The molecule has 0 aliphatic carbocycles. The van der Waals surface area contributed by atoms with Gasteiger partial charge in [-0.25, -0.2) is 8.42 Å². The zero-order chi connectivity index (χ0) is 23.3. The van der Waals surface area contributed by atoms with Crippen molar-refractivity contribution >= 4 is 37.4 Å². The highest BCUT2D eigenvalue weighted by atomic mass is 32.2. The predicted octanol–water partition coefficient (Wildman–Crippen LogP) is 5.70. The fourth-order valence-electron chi connectivity index (χ4n) is 5.08. The van der Waals surface area contributed by atoms with E-state index in [4.69, 9.17) is 0 Å². The lowest BCUT2D eigenvalue weighted by atomic mass is 9.93. The van der Waals surface area contributed by atoms with Crippen molar-refractivity contribution in [1.29, 1.82) is 0 Å². The van der Waals surface area contributed by atoms with E-state index in [0.717, 1.165) is 34.6 Å². The van der Waals surface area contributed by atoms with Gasteiger partial charge in [0.25, 0.3) is 10.0 Å². The van der Waals surface area contributed by atoms with E-state index in [1.807, 2.05) is 54.6 Å². The molecule has 0 saturated heterocycles. The van der Waals surface area contributed by atoms with E-state index in [-0.39, 0.29) is 10.9 Å². The van der Waals surface area contributed by atoms with Crippen LogP contribution in [0.1, 0.15) is 22.9 Å². The molecule has 0 bridgehead atoms. The zero-order valence-electron chi connectivity index (χ0n) is 18.8. The number of nitrogens with one attached hydrogen (secondary N) is 2. The number of anilines is 1. The van der Waals surface area contributed by atoms with Crippen LogP contribution in [-0.2, 0) is 16.4 Å². The van der Waals surface area contributed by atoms with E-state index >= 15 is 0 Å². The SMILES string of the molecule is CN1CCc2c([nH]c3ccc(NS(=O)(=O)c4ccc5ccccc5c4)cc23)C1c1ccccc1. The number of fused-ring (bicyclic) bond motifs is 4. The summed E-state index contributed by atoms with van der Waals surface area (Å²) in [5.74, 6) is 0. The monoisotopic (exact) mass is 467 g/mol. The molecule has 6 heteroatoms. The Morgan fingerprint density at radius 1 is 0.882 bits per heavy atom. The molecule has 0 fully saturated rings. The summed E-state index contributed by atoms with van der Waals surface area (Å²) in [6, 6.07) is 29.4. The highest BCUT2D eigenvalue weighted by Gasteiger charge is 2.29. The Morgan fingerprint density at radius 3 is 2.47 bits per heavy atom. The Bertz CT molecular complexity index is 1620. The molecule has 1 aliphatic heterocycles. The second kappa shape index (κ2) is 8.01. The molecular weight excluding hydrogens is 442 g/mol. The van der Waals surface area contributed by atoms with Gasteiger partial charge in [0.2, 0.25) is 0 Å². The Kier molecular flexibility index (Phi) is 4.94. The number of aromatic amines is 1. The van der Waals surface area contributed by atoms with Crippen LogP contribution in [-0.4, -0.2) is 31.9 Å². The van der Waals surface area contributed by atoms with Crippen LogP contribution >= 0.6 is 0 Å². The van der Waals surface area contributed by atoms with Gasteiger partial charge >= 0.3 is 0 Å². The molecule has 1 aliphatic rings. The van der Waals surface area contributed by atoms with E-state index in [1.54, 1.807) is 12.1 Å². The van der Waals surface area contributed by atoms with Crippen LogP contribution in [0.5, 0.6) is 0 Å². The van der Waals surface area contributed by atoms with Gasteiger partial charge in [0.15, 0.2) is 0 Å². The van der Waals surface area contributed by atoms with Crippen molar-refractivity contribution in [3.05, 3.63) is 108 Å². The highest BCUT2D eigenvalue weighted by Crippen LogP contribution is 2.38. The summed E-state index contributed by atoms with van der Waals surface area (Å²) < 4.78 is 29.1. The molecule has 2 heterocycles. The lowest BCUT2D eigenvalue weighted by molar-refractivity contribution is 0.261. The minimum Gasteiger partial charge on any atom is -0.357 e. The maximum Gasteiger partial charge on any atom is 0.261 e. The summed E-state index contributed by atoms with van der Waals surface area (Å²) in [4.78, 5) is 6.23. The zero-order valence-corrected chi connectivity index (χ0v) is 19.6. The van der Waals surface area contributed by atoms with Gasteiger partial charge in [-0.15, -0.1) is 0 Å². The fourth-order valence-corrected chi connectivity index (χ4v) is 6.16. The van der Waals surface area contributed by atoms with E-state index in [1.165, 1.54) is 16.8 Å². The Balaban J connectivity index is 1.38. The first-order chi connectivity index (χ1) is 16.5. The molecule has 0 amide bonds. The van der Waals surface area contributed by atoms with Gasteiger partial charge in [0.05, 0.1) is 10.9 Å². The normalized spacial score (nSPS) is 16.6. The molecular formula is C28H25N3O2S. The van der Waals surface area contributed by atoms with Crippen molar-refractivity contribution in [2.45, 2.75) is 17.4 Å². The topological polar surface area (TPSA) is 65.2 Å². The molecule has 4 aromatic carbocycles. The van der Waals surface area contributed by atoms with Crippen molar-refractivity contribution in [2.75, 3.05) is 18.3 Å². The van der Waals surface area contributed by atoms with Crippen LogP contribution in [0.4, 0.5) is 5.69 Å². The summed E-state index contributed by atoms with van der Waals surface area (Å²) in [5.41, 5.74) is 5.28. The molecule has 5 aromatic rings. The summed E-state index contributed by atoms with van der Waals surface area (Å²) in [6.07, 6.45) is 0.913. The third-order valence-electron chi connectivity index (χ3n) is 6.77. The van der Waals surface area contributed by atoms with Gasteiger partial charge in [-0.05, 0) is 65.7 Å². The maximum atomic E-state index is 13.2. The molecule has 34 heavy (non-hydrogen) atoms. The second-order valence-corrected chi connectivity index (χ2v) is 10.6. The number of H-pyrrole nitrogens is 1. The van der Waals surface area contributed by atoms with Crippen molar-refractivity contribution in [3.63, 3.8) is 0 Å². The fraction of sp³-hybridized carbons (Fsp3) is 0.143. The van der Waals surface area contributed by atoms with Crippen LogP contribution in [0.3, 0.4) is 0 Å². The molecule has 6 rings (SSSR count). The van der Waals surface area contributed by atoms with Crippen molar-refractivity contribution in [2.24, 2.45) is 0 Å². The minimum atomic E-state index is -3.71. The standard InChI is InChI=1S/C28H25N3O2S/c1-31-16-15-24-25-18-22(12-14-26(25)29-27(24)28(31)20-8-3-2-4-9-20)30-34(32,33)23-13-11-19-7-5-6-10-21(19)17-23/h2-14,17-18,28-30H,15-16H2,1H3. The number of benzene rings is 4. The van der Waals surface area contributed by atoms with Gasteiger partial charge in [-0.3, -0.25) is 9.62 Å². The average Bonchev–Trinajstić information content (AvgIpc) is 3.21. The first kappa shape index (κ1) is 21.0. The lowest BCUT2D eigenvalue weighted by Crippen LogP contribution is -2.32. The third kappa shape index (κ3) is 3.56. The highest BCUT2D eigenvalue weighted by molar-refractivity contribution is 7.92. The number of likely N-dealkylation sites (N-methyl/N-ethyl adjacent to an activating group) is 1. The molecule has 5 nitrogen and oxygen atoms in total. The third-order valence-corrected chi connectivity index (χ3v) is 8.15. The number of aromatic nitrogens is 1. The van der Waals surface area contributed by atoms with Gasteiger partial charge in [0, 0.05) is 28.8 Å². The molecule has 2 N–H and O–H groups in total. The summed E-state index contributed by atoms with van der Waals surface area (Å²) in [5, 5.41) is 2.99. The molecule has 0 saturated carbocycles. The van der Waals surface area contributed by atoms with Crippen LogP contribution in [0.15, 0.2) is 95.9 Å². The molecule has 1 atom stereocenters. The van der Waals surface area contributed by atoms with Crippen LogP contribution < -0.4 is 4.72 Å². The Morgan fingerprint density at radius 2 is 1.65 bits per heavy atom. The molecule has 1 aromatic heterocycles. The minimum absolute atomic E-state index is 0.148. The predicted molar refractivity (Wildman–Crippen MR) is 138 cm³/mol. The molecule has 170 valence electrons. The Hall–Kier alpha value is -3.61. The van der Waals surface area contributed by atoms with Crippen molar-refractivity contribution < 1.29 is 8.42 Å². The van der Waals surface area contributed by atoms with E-state index < -0.39 is 10.0 Å².